The van der Waals surface area contributed by atoms with Gasteiger partial charge in [-0.1, -0.05) is 15.9 Å². The first kappa shape index (κ1) is 16.5. The molecule has 0 N–H and O–H groups in total. The van der Waals surface area contributed by atoms with Gasteiger partial charge in [-0.05, 0) is 39.0 Å². The lowest BCUT2D eigenvalue weighted by Crippen LogP contribution is -2.07. The van der Waals surface area contributed by atoms with Gasteiger partial charge in [-0.2, -0.15) is 5.10 Å². The lowest BCUT2D eigenvalue weighted by molar-refractivity contribution is 0.0517. The quantitative estimate of drug-likeness (QED) is 0.754. The summed E-state index contributed by atoms with van der Waals surface area (Å²) in [6, 6.07) is 5.79. The van der Waals surface area contributed by atoms with Crippen LogP contribution in [0.25, 0.3) is 11.3 Å². The van der Waals surface area contributed by atoms with E-state index < -0.39 is 5.97 Å². The molecule has 0 aliphatic heterocycles. The zero-order valence-electron chi connectivity index (χ0n) is 13.1. The molecule has 0 aliphatic carbocycles. The number of rotatable bonds is 5. The standard InChI is InChI=1S/C16H19BrN2O3/c1-5-19-15(10(3)14(18-19)16(20)22-6-2)12-8-7-11(17)9-13(12)21-4/h7-9H,5-6H2,1-4H3. The SMILES string of the molecule is CCOC(=O)c1nn(CC)c(-c2ccc(Br)cc2OC)c1C. The van der Waals surface area contributed by atoms with Gasteiger partial charge in [-0.25, -0.2) is 4.79 Å². The molecule has 1 heterocycles. The molecule has 0 fully saturated rings. The smallest absolute Gasteiger partial charge is 0.359 e. The highest BCUT2D eigenvalue weighted by Gasteiger charge is 2.23. The van der Waals surface area contributed by atoms with Crippen molar-refractivity contribution in [1.29, 1.82) is 0 Å². The van der Waals surface area contributed by atoms with Crippen molar-refractivity contribution in [3.05, 3.63) is 33.9 Å². The summed E-state index contributed by atoms with van der Waals surface area (Å²) in [6.07, 6.45) is 0. The van der Waals surface area contributed by atoms with Crippen molar-refractivity contribution in [2.45, 2.75) is 27.3 Å². The van der Waals surface area contributed by atoms with Gasteiger partial charge in [0.25, 0.3) is 0 Å². The van der Waals surface area contributed by atoms with Gasteiger partial charge in [0, 0.05) is 22.1 Å². The number of nitrogens with zero attached hydrogens (tertiary/aromatic N) is 2. The third-order valence-electron chi connectivity index (χ3n) is 3.38. The van der Waals surface area contributed by atoms with Crippen LogP contribution in [-0.4, -0.2) is 29.5 Å². The van der Waals surface area contributed by atoms with Gasteiger partial charge in [0.05, 0.1) is 19.4 Å². The Balaban J connectivity index is 2.62. The minimum absolute atomic E-state index is 0.328. The minimum atomic E-state index is -0.399. The summed E-state index contributed by atoms with van der Waals surface area (Å²) < 4.78 is 13.3. The maximum atomic E-state index is 12.1. The second kappa shape index (κ2) is 6.96. The van der Waals surface area contributed by atoms with Crippen molar-refractivity contribution in [2.75, 3.05) is 13.7 Å². The number of ether oxygens (including phenoxy) is 2. The Hall–Kier alpha value is -1.82. The van der Waals surface area contributed by atoms with Crippen molar-refractivity contribution >= 4 is 21.9 Å². The van der Waals surface area contributed by atoms with E-state index in [1.165, 1.54) is 0 Å². The highest BCUT2D eigenvalue weighted by molar-refractivity contribution is 9.10. The summed E-state index contributed by atoms with van der Waals surface area (Å²) in [6.45, 7) is 6.62. The predicted octanol–water partition coefficient (Wildman–Crippen LogP) is 3.83. The molecule has 0 saturated heterocycles. The molecule has 0 amide bonds. The Bertz CT molecular complexity index is 695. The summed E-state index contributed by atoms with van der Waals surface area (Å²) in [4.78, 5) is 12.1. The number of hydrogen-bond acceptors (Lipinski definition) is 4. The highest BCUT2D eigenvalue weighted by Crippen LogP contribution is 2.35. The largest absolute Gasteiger partial charge is 0.496 e. The van der Waals surface area contributed by atoms with Crippen LogP contribution in [0.2, 0.25) is 0 Å². The van der Waals surface area contributed by atoms with E-state index in [-0.39, 0.29) is 0 Å². The summed E-state index contributed by atoms with van der Waals surface area (Å²) in [7, 11) is 1.62. The summed E-state index contributed by atoms with van der Waals surface area (Å²) in [5, 5.41) is 4.40. The van der Waals surface area contributed by atoms with E-state index in [1.807, 2.05) is 32.0 Å². The molecule has 2 aromatic rings. The zero-order chi connectivity index (χ0) is 16.3. The van der Waals surface area contributed by atoms with Gasteiger partial charge in [0.1, 0.15) is 5.75 Å². The topological polar surface area (TPSA) is 53.3 Å². The number of esters is 1. The van der Waals surface area contributed by atoms with Gasteiger partial charge in [-0.15, -0.1) is 0 Å². The summed E-state index contributed by atoms with van der Waals surface area (Å²) >= 11 is 3.44. The number of halogens is 1. The molecular weight excluding hydrogens is 348 g/mol. The normalized spacial score (nSPS) is 10.6. The van der Waals surface area contributed by atoms with Gasteiger partial charge in [-0.3, -0.25) is 4.68 Å². The Kier molecular flexibility index (Phi) is 5.24. The fraction of sp³-hybridized carbons (Fsp3) is 0.375. The summed E-state index contributed by atoms with van der Waals surface area (Å²) in [5.41, 5.74) is 2.91. The molecule has 0 aliphatic rings. The second-order valence-electron chi connectivity index (χ2n) is 4.70. The Morgan fingerprint density at radius 1 is 1.36 bits per heavy atom. The molecule has 5 nitrogen and oxygen atoms in total. The molecule has 118 valence electrons. The average Bonchev–Trinajstić information content (AvgIpc) is 2.84. The van der Waals surface area contributed by atoms with Crippen LogP contribution < -0.4 is 4.74 Å². The second-order valence-corrected chi connectivity index (χ2v) is 5.62. The van der Waals surface area contributed by atoms with Crippen LogP contribution >= 0.6 is 15.9 Å². The van der Waals surface area contributed by atoms with Crippen molar-refractivity contribution in [2.24, 2.45) is 0 Å². The van der Waals surface area contributed by atoms with E-state index in [9.17, 15) is 4.79 Å². The average molecular weight is 367 g/mol. The number of aromatic nitrogens is 2. The Labute approximate surface area is 138 Å². The van der Waals surface area contributed by atoms with Crippen LogP contribution in [0.15, 0.2) is 22.7 Å². The number of methoxy groups -OCH3 is 1. The summed E-state index contributed by atoms with van der Waals surface area (Å²) in [5.74, 6) is 0.326. The third-order valence-corrected chi connectivity index (χ3v) is 3.87. The lowest BCUT2D eigenvalue weighted by Gasteiger charge is -2.11. The molecular formula is C16H19BrN2O3. The van der Waals surface area contributed by atoms with Gasteiger partial charge in [0.15, 0.2) is 5.69 Å². The molecule has 6 heteroatoms. The van der Waals surface area contributed by atoms with Crippen LogP contribution in [0.4, 0.5) is 0 Å². The van der Waals surface area contributed by atoms with E-state index in [2.05, 4.69) is 21.0 Å². The van der Waals surface area contributed by atoms with Crippen LogP contribution in [-0.2, 0) is 11.3 Å². The van der Waals surface area contributed by atoms with E-state index in [1.54, 1.807) is 18.7 Å². The molecule has 0 saturated carbocycles. The van der Waals surface area contributed by atoms with Crippen molar-refractivity contribution < 1.29 is 14.3 Å². The van der Waals surface area contributed by atoms with Gasteiger partial charge < -0.3 is 9.47 Å². The minimum Gasteiger partial charge on any atom is -0.496 e. The van der Waals surface area contributed by atoms with Crippen LogP contribution in [0, 0.1) is 6.92 Å². The van der Waals surface area contributed by atoms with Crippen molar-refractivity contribution in [3.8, 4) is 17.0 Å². The third kappa shape index (κ3) is 3.02. The van der Waals surface area contributed by atoms with E-state index >= 15 is 0 Å². The fourth-order valence-electron chi connectivity index (χ4n) is 2.38. The van der Waals surface area contributed by atoms with Gasteiger partial charge in [0.2, 0.25) is 0 Å². The number of hydrogen-bond donors (Lipinski definition) is 0. The number of carbonyl (C=O) groups is 1. The first-order valence-corrected chi connectivity index (χ1v) is 7.91. The molecule has 0 unspecified atom stereocenters. The molecule has 0 radical (unpaired) electrons. The molecule has 0 spiro atoms. The lowest BCUT2D eigenvalue weighted by atomic mass is 10.1. The monoisotopic (exact) mass is 366 g/mol. The number of aryl methyl sites for hydroxylation is 1. The highest BCUT2D eigenvalue weighted by atomic mass is 79.9. The molecule has 2 rings (SSSR count). The Morgan fingerprint density at radius 2 is 2.09 bits per heavy atom. The number of carbonyl (C=O) groups excluding carboxylic acids is 1. The van der Waals surface area contributed by atoms with Gasteiger partial charge >= 0.3 is 5.97 Å². The molecule has 22 heavy (non-hydrogen) atoms. The van der Waals surface area contributed by atoms with Crippen LogP contribution in [0.1, 0.15) is 29.9 Å². The zero-order valence-corrected chi connectivity index (χ0v) is 14.7. The van der Waals surface area contributed by atoms with Crippen molar-refractivity contribution in [3.63, 3.8) is 0 Å². The predicted molar refractivity (Wildman–Crippen MR) is 88.3 cm³/mol. The van der Waals surface area contributed by atoms with E-state index in [0.29, 0.717) is 18.8 Å². The molecule has 1 aromatic carbocycles. The van der Waals surface area contributed by atoms with Crippen LogP contribution in [0.3, 0.4) is 0 Å². The van der Waals surface area contributed by atoms with Crippen LogP contribution in [0.5, 0.6) is 5.75 Å². The van der Waals surface area contributed by atoms with E-state index in [0.717, 1.165) is 27.0 Å². The molecule has 0 bridgehead atoms. The maximum Gasteiger partial charge on any atom is 0.359 e. The molecule has 0 atom stereocenters. The first-order valence-electron chi connectivity index (χ1n) is 7.11. The van der Waals surface area contributed by atoms with Crippen molar-refractivity contribution in [1.82, 2.24) is 9.78 Å². The first-order chi connectivity index (χ1) is 10.5. The number of benzene rings is 1. The molecule has 1 aromatic heterocycles. The van der Waals surface area contributed by atoms with E-state index in [4.69, 9.17) is 9.47 Å². The maximum absolute atomic E-state index is 12.1. The fourth-order valence-corrected chi connectivity index (χ4v) is 2.72. The Morgan fingerprint density at radius 3 is 2.68 bits per heavy atom.